The number of allylic oxidation sites excluding steroid dienone is 1. The van der Waals surface area contributed by atoms with Crippen molar-refractivity contribution in [3.05, 3.63) is 130 Å². The number of piperazine rings is 1. The Kier molecular flexibility index (Phi) is 17.8. The molecule has 1 amide bonds. The molecule has 1 unspecified atom stereocenters. The summed E-state index contributed by atoms with van der Waals surface area (Å²) in [6, 6.07) is 34.4. The Bertz CT molecular complexity index is 2260. The van der Waals surface area contributed by atoms with Crippen molar-refractivity contribution in [1.29, 1.82) is 0 Å². The Morgan fingerprint density at radius 1 is 0.797 bits per heavy atom. The molecule has 3 aliphatic heterocycles. The molecule has 10 heteroatoms. The summed E-state index contributed by atoms with van der Waals surface area (Å²) in [7, 11) is 0. The molecule has 1 saturated carbocycles. The van der Waals surface area contributed by atoms with E-state index in [-0.39, 0.29) is 5.91 Å². The van der Waals surface area contributed by atoms with Gasteiger partial charge in [0, 0.05) is 104 Å². The lowest BCUT2D eigenvalue weighted by atomic mass is 9.70. The maximum Gasteiger partial charge on any atom is 0.251 e. The minimum Gasteiger partial charge on any atom is -0.381 e. The second kappa shape index (κ2) is 24.5. The van der Waals surface area contributed by atoms with Gasteiger partial charge in [0.2, 0.25) is 0 Å². The van der Waals surface area contributed by atoms with Crippen molar-refractivity contribution in [3.8, 4) is 0 Å². The fourth-order valence-electron chi connectivity index (χ4n) is 12.2. The van der Waals surface area contributed by atoms with E-state index in [1.807, 2.05) is 23.9 Å². The molecule has 2 aliphatic carbocycles. The number of aryl methyl sites for hydroxylation is 1. The molecule has 5 aliphatic rings. The van der Waals surface area contributed by atoms with Crippen LogP contribution >= 0.6 is 23.4 Å². The van der Waals surface area contributed by atoms with Gasteiger partial charge in [-0.1, -0.05) is 98.7 Å². The monoisotopic (exact) mass is 971 g/mol. The number of anilines is 2. The van der Waals surface area contributed by atoms with Gasteiger partial charge in [-0.3, -0.25) is 14.6 Å². The highest BCUT2D eigenvalue weighted by Gasteiger charge is 2.36. The van der Waals surface area contributed by atoms with E-state index < -0.39 is 0 Å². The van der Waals surface area contributed by atoms with Gasteiger partial charge in [0.25, 0.3) is 5.91 Å². The number of amides is 1. The molecular formula is C59H79ClN6O2S. The minimum absolute atomic E-state index is 0.0412. The smallest absolute Gasteiger partial charge is 0.251 e. The second-order valence-corrected chi connectivity index (χ2v) is 23.0. The van der Waals surface area contributed by atoms with Crippen molar-refractivity contribution >= 4 is 46.2 Å². The number of carbonyl (C=O) groups is 1. The quantitative estimate of drug-likeness (QED) is 0.0957. The average Bonchev–Trinajstić information content (AvgIpc) is 3.39. The van der Waals surface area contributed by atoms with Crippen LogP contribution in [-0.2, 0) is 11.3 Å². The molecule has 4 aromatic rings. The van der Waals surface area contributed by atoms with Crippen LogP contribution in [0.2, 0.25) is 5.02 Å². The molecule has 9 rings (SSSR count). The number of hydrogen-bond donors (Lipinski definition) is 2. The normalized spacial score (nSPS) is 22.2. The molecule has 8 nitrogen and oxygen atoms in total. The number of nitrogens with one attached hydrogen (secondary N) is 2. The van der Waals surface area contributed by atoms with Gasteiger partial charge in [-0.05, 0) is 153 Å². The molecule has 4 fully saturated rings. The largest absolute Gasteiger partial charge is 0.381 e. The first-order valence-electron chi connectivity index (χ1n) is 26.6. The molecule has 69 heavy (non-hydrogen) atoms. The van der Waals surface area contributed by atoms with Gasteiger partial charge < -0.3 is 25.2 Å². The summed E-state index contributed by atoms with van der Waals surface area (Å²) in [6.45, 7) is 18.8. The third-order valence-electron chi connectivity index (χ3n) is 16.3. The first-order chi connectivity index (χ1) is 33.7. The third kappa shape index (κ3) is 14.2. The van der Waals surface area contributed by atoms with E-state index in [2.05, 4.69) is 129 Å². The number of benzene rings is 4. The van der Waals surface area contributed by atoms with E-state index in [0.29, 0.717) is 23.6 Å². The number of morpholine rings is 1. The van der Waals surface area contributed by atoms with Crippen LogP contribution in [0, 0.1) is 24.2 Å². The lowest BCUT2D eigenvalue weighted by molar-refractivity contribution is 0.0370. The SMILES string of the molecule is Cc1cc(CNC(=O)c2ccc(N3CCN(CC4=C(c5ccc(Cl)cc5)CCC(C)(CN5CCC(C6CCCCC6)CC5)C4)CC3)cc2)ccc1N[C@H](CCN1CCOCC1)CSc1ccccc1. The maximum absolute atomic E-state index is 13.4. The zero-order valence-electron chi connectivity index (χ0n) is 41.7. The van der Waals surface area contributed by atoms with Crippen molar-refractivity contribution in [2.24, 2.45) is 17.3 Å². The van der Waals surface area contributed by atoms with Gasteiger partial charge in [-0.15, -0.1) is 11.8 Å². The number of likely N-dealkylation sites (tertiary alicyclic amines) is 1. The van der Waals surface area contributed by atoms with Crippen LogP contribution < -0.4 is 15.5 Å². The highest BCUT2D eigenvalue weighted by Crippen LogP contribution is 2.45. The molecular weight excluding hydrogens is 892 g/mol. The number of nitrogens with zero attached hydrogens (tertiary/aromatic N) is 4. The number of rotatable bonds is 18. The summed E-state index contributed by atoms with van der Waals surface area (Å²) in [5.41, 5.74) is 10.2. The fourth-order valence-corrected chi connectivity index (χ4v) is 13.3. The number of carbonyl (C=O) groups excluding carboxylic acids is 1. The summed E-state index contributed by atoms with van der Waals surface area (Å²) in [4.78, 5) is 25.2. The average molecular weight is 972 g/mol. The maximum atomic E-state index is 13.4. The Balaban J connectivity index is 0.753. The van der Waals surface area contributed by atoms with Crippen LogP contribution in [0.1, 0.15) is 105 Å². The third-order valence-corrected chi connectivity index (χ3v) is 17.7. The van der Waals surface area contributed by atoms with Crippen LogP contribution in [-0.4, -0.2) is 118 Å². The van der Waals surface area contributed by atoms with Crippen LogP contribution in [0.15, 0.2) is 108 Å². The van der Waals surface area contributed by atoms with Gasteiger partial charge in [0.1, 0.15) is 0 Å². The molecule has 2 N–H and O–H groups in total. The summed E-state index contributed by atoms with van der Waals surface area (Å²) in [5.74, 6) is 2.90. The molecule has 2 atom stereocenters. The molecule has 4 aromatic carbocycles. The van der Waals surface area contributed by atoms with Gasteiger partial charge in [-0.25, -0.2) is 0 Å². The molecule has 0 spiro atoms. The summed E-state index contributed by atoms with van der Waals surface area (Å²) in [5, 5.41) is 7.88. The Morgan fingerprint density at radius 2 is 1.52 bits per heavy atom. The number of ether oxygens (including phenoxy) is 1. The van der Waals surface area contributed by atoms with E-state index in [1.165, 1.54) is 99.1 Å². The molecule has 0 radical (unpaired) electrons. The predicted molar refractivity (Wildman–Crippen MR) is 290 cm³/mol. The standard InChI is InChI=1S/C59H79ClN6O2S/c1-45-39-46(13-22-57(45)62-53(26-30-63-35-37-68-38-36-63)43-69-55-11-7-4-8-12-55)41-61-58(67)50-16-20-54(21-17-50)66-33-31-64(32-34-66)42-51-40-59(2,27-23-56(51)49-14-18-52(60)19-15-49)44-65-28-24-48(25-29-65)47-9-5-3-6-10-47/h4,7-8,11-22,39,47-48,53,62H,3,5-6,9-10,23-38,40-44H2,1-2H3,(H,61,67)/t53-,59?/m1/s1. The fraction of sp³-hybridized carbons (Fsp3) is 0.542. The topological polar surface area (TPSA) is 63.3 Å². The Labute approximate surface area is 423 Å². The van der Waals surface area contributed by atoms with Crippen LogP contribution in [0.5, 0.6) is 0 Å². The van der Waals surface area contributed by atoms with Crippen LogP contribution in [0.4, 0.5) is 11.4 Å². The highest BCUT2D eigenvalue weighted by atomic mass is 35.5. The minimum atomic E-state index is -0.0412. The number of hydrogen-bond acceptors (Lipinski definition) is 8. The number of thioether (sulfide) groups is 1. The van der Waals surface area contributed by atoms with Crippen LogP contribution in [0.3, 0.4) is 0 Å². The molecule has 0 bridgehead atoms. The zero-order chi connectivity index (χ0) is 47.4. The van der Waals surface area contributed by atoms with E-state index in [0.717, 1.165) is 112 Å². The zero-order valence-corrected chi connectivity index (χ0v) is 43.3. The van der Waals surface area contributed by atoms with Crippen molar-refractivity contribution < 1.29 is 9.53 Å². The van der Waals surface area contributed by atoms with Crippen molar-refractivity contribution in [2.45, 2.75) is 102 Å². The molecule has 0 aromatic heterocycles. The van der Waals surface area contributed by atoms with E-state index >= 15 is 0 Å². The first kappa shape index (κ1) is 50.1. The van der Waals surface area contributed by atoms with Gasteiger partial charge in [0.05, 0.1) is 13.2 Å². The summed E-state index contributed by atoms with van der Waals surface area (Å²) >= 11 is 8.29. The Hall–Kier alpha value is -3.83. The first-order valence-corrected chi connectivity index (χ1v) is 28.0. The van der Waals surface area contributed by atoms with E-state index in [9.17, 15) is 4.79 Å². The lowest BCUT2D eigenvalue weighted by Gasteiger charge is -2.45. The number of piperidine rings is 1. The number of halogens is 1. The van der Waals surface area contributed by atoms with Crippen molar-refractivity contribution in [2.75, 3.05) is 101 Å². The van der Waals surface area contributed by atoms with Gasteiger partial charge in [0.15, 0.2) is 0 Å². The predicted octanol–water partition coefficient (Wildman–Crippen LogP) is 11.9. The van der Waals surface area contributed by atoms with E-state index in [1.54, 1.807) is 11.1 Å². The van der Waals surface area contributed by atoms with Crippen LogP contribution in [0.25, 0.3) is 5.57 Å². The van der Waals surface area contributed by atoms with E-state index in [4.69, 9.17) is 16.3 Å². The summed E-state index contributed by atoms with van der Waals surface area (Å²) < 4.78 is 5.59. The molecule has 3 saturated heterocycles. The van der Waals surface area contributed by atoms with Crippen molar-refractivity contribution in [1.82, 2.24) is 20.0 Å². The molecule has 3 heterocycles. The van der Waals surface area contributed by atoms with Crippen molar-refractivity contribution in [3.63, 3.8) is 0 Å². The molecule has 370 valence electrons. The summed E-state index contributed by atoms with van der Waals surface area (Å²) in [6.07, 6.45) is 14.8. The van der Waals surface area contributed by atoms with Gasteiger partial charge in [-0.2, -0.15) is 0 Å². The highest BCUT2D eigenvalue weighted by molar-refractivity contribution is 7.99. The second-order valence-electron chi connectivity index (χ2n) is 21.4. The Morgan fingerprint density at radius 3 is 2.25 bits per heavy atom. The lowest BCUT2D eigenvalue weighted by Crippen LogP contribution is -2.48. The van der Waals surface area contributed by atoms with Gasteiger partial charge >= 0.3 is 0 Å².